The highest BCUT2D eigenvalue weighted by molar-refractivity contribution is 9.10. The predicted octanol–water partition coefficient (Wildman–Crippen LogP) is 5.60. The van der Waals surface area contributed by atoms with Crippen LogP contribution in [0.2, 0.25) is 0 Å². The molecule has 7 heteroatoms. The van der Waals surface area contributed by atoms with Gasteiger partial charge in [0.25, 0.3) is 0 Å². The molecule has 0 unspecified atom stereocenters. The van der Waals surface area contributed by atoms with E-state index in [0.29, 0.717) is 25.4 Å². The summed E-state index contributed by atoms with van der Waals surface area (Å²) in [5, 5.41) is 0. The maximum atomic E-state index is 11.9. The molecule has 1 aliphatic heterocycles. The minimum atomic E-state index is -0.171. The zero-order valence-electron chi connectivity index (χ0n) is 18.6. The number of rotatable bonds is 7. The van der Waals surface area contributed by atoms with E-state index in [4.69, 9.17) is 14.7 Å². The Labute approximate surface area is 196 Å². The fourth-order valence-electron chi connectivity index (χ4n) is 3.94. The van der Waals surface area contributed by atoms with Crippen molar-refractivity contribution in [1.29, 1.82) is 0 Å². The monoisotopic (exact) mass is 494 g/mol. The summed E-state index contributed by atoms with van der Waals surface area (Å²) < 4.78 is 8.58. The number of aryl methyl sites for hydroxylation is 1. The summed E-state index contributed by atoms with van der Waals surface area (Å²) in [6.07, 6.45) is 5.54. The number of hydrogen-bond donors (Lipinski definition) is 0. The fourth-order valence-corrected chi connectivity index (χ4v) is 4.30. The van der Waals surface area contributed by atoms with E-state index in [1.165, 1.54) is 0 Å². The van der Waals surface area contributed by atoms with Gasteiger partial charge in [0.1, 0.15) is 11.9 Å². The number of carbonyl (C=O) groups is 1. The van der Waals surface area contributed by atoms with Crippen molar-refractivity contribution in [3.63, 3.8) is 0 Å². The highest BCUT2D eigenvalue weighted by atomic mass is 79.9. The van der Waals surface area contributed by atoms with Crippen LogP contribution in [-0.2, 0) is 9.53 Å². The van der Waals surface area contributed by atoms with E-state index in [1.807, 2.05) is 44.3 Å². The number of aliphatic imine (C=N–C) groups is 1. The molecule has 32 heavy (non-hydrogen) atoms. The topological polar surface area (TPSA) is 69.4 Å². The summed E-state index contributed by atoms with van der Waals surface area (Å²) >= 11 is 3.61. The zero-order chi connectivity index (χ0) is 22.7. The van der Waals surface area contributed by atoms with E-state index in [1.54, 1.807) is 6.20 Å². The lowest BCUT2D eigenvalue weighted by molar-refractivity contribution is -0.144. The maximum Gasteiger partial charge on any atom is 0.306 e. The van der Waals surface area contributed by atoms with Gasteiger partial charge >= 0.3 is 5.97 Å². The number of benzene rings is 1. The molecule has 0 saturated heterocycles. The van der Waals surface area contributed by atoms with Crippen LogP contribution in [-0.4, -0.2) is 32.8 Å². The third-order valence-electron chi connectivity index (χ3n) is 5.37. The van der Waals surface area contributed by atoms with Gasteiger partial charge in [-0.25, -0.2) is 4.98 Å². The van der Waals surface area contributed by atoms with Crippen molar-refractivity contribution in [2.24, 2.45) is 10.9 Å². The van der Waals surface area contributed by atoms with Gasteiger partial charge in [0.15, 0.2) is 0 Å². The van der Waals surface area contributed by atoms with Gasteiger partial charge in [0, 0.05) is 34.5 Å². The lowest BCUT2D eigenvalue weighted by Gasteiger charge is -2.14. The summed E-state index contributed by atoms with van der Waals surface area (Å²) in [6.45, 7) is 6.46. The lowest BCUT2D eigenvalue weighted by Crippen LogP contribution is -2.11. The Morgan fingerprint density at radius 3 is 2.81 bits per heavy atom. The van der Waals surface area contributed by atoms with Crippen molar-refractivity contribution in [3.8, 4) is 5.69 Å². The number of carbonyl (C=O) groups excluding carboxylic acids is 1. The van der Waals surface area contributed by atoms with Gasteiger partial charge in [0.05, 0.1) is 23.7 Å². The molecule has 6 nitrogen and oxygen atoms in total. The van der Waals surface area contributed by atoms with Crippen molar-refractivity contribution in [2.45, 2.75) is 46.1 Å². The maximum absolute atomic E-state index is 11.9. The Morgan fingerprint density at radius 1 is 1.22 bits per heavy atom. The number of nitrogens with zero attached hydrogens (tertiary/aromatic N) is 4. The van der Waals surface area contributed by atoms with E-state index < -0.39 is 0 Å². The Kier molecular flexibility index (Phi) is 6.84. The smallest absolute Gasteiger partial charge is 0.306 e. The van der Waals surface area contributed by atoms with E-state index in [2.05, 4.69) is 44.5 Å². The third kappa shape index (κ3) is 4.83. The molecule has 0 aliphatic carbocycles. The first-order valence-electron chi connectivity index (χ1n) is 10.9. The molecule has 1 atom stereocenters. The van der Waals surface area contributed by atoms with Crippen LogP contribution in [0.5, 0.6) is 0 Å². The number of ether oxygens (including phenoxy) is 1. The molecular formula is C25H27BrN4O2. The lowest BCUT2D eigenvalue weighted by atomic mass is 10.0. The molecule has 0 fully saturated rings. The molecule has 0 radical (unpaired) electrons. The molecule has 166 valence electrons. The molecule has 0 bridgehead atoms. The molecule has 0 amide bonds. The van der Waals surface area contributed by atoms with Crippen LogP contribution >= 0.6 is 15.9 Å². The molecule has 0 N–H and O–H groups in total. The number of hydrogen-bond acceptors (Lipinski definition) is 5. The van der Waals surface area contributed by atoms with Crippen LogP contribution in [0.1, 0.15) is 61.9 Å². The SMILES string of the molecule is Cc1cnc2n1-c1ccc(Br)cc1C(c1ccccn1)=N[C@H]2CCCOC(=O)CC(C)C. The van der Waals surface area contributed by atoms with Crippen molar-refractivity contribution in [2.75, 3.05) is 6.61 Å². The van der Waals surface area contributed by atoms with Gasteiger partial charge in [0.2, 0.25) is 0 Å². The quantitative estimate of drug-likeness (QED) is 0.316. The van der Waals surface area contributed by atoms with Gasteiger partial charge in [-0.2, -0.15) is 0 Å². The summed E-state index contributed by atoms with van der Waals surface area (Å²) in [6, 6.07) is 11.9. The normalized spacial score (nSPS) is 15.0. The second kappa shape index (κ2) is 9.77. The predicted molar refractivity (Wildman–Crippen MR) is 128 cm³/mol. The highest BCUT2D eigenvalue weighted by Crippen LogP contribution is 2.34. The summed E-state index contributed by atoms with van der Waals surface area (Å²) in [5.74, 6) is 1.04. The summed E-state index contributed by atoms with van der Waals surface area (Å²) in [7, 11) is 0. The minimum Gasteiger partial charge on any atom is -0.466 e. The van der Waals surface area contributed by atoms with E-state index >= 15 is 0 Å². The number of esters is 1. The molecular weight excluding hydrogens is 468 g/mol. The van der Waals surface area contributed by atoms with Gasteiger partial charge in [-0.15, -0.1) is 0 Å². The first kappa shape index (κ1) is 22.4. The number of imidazole rings is 1. The number of aromatic nitrogens is 3. The standard InChI is InChI=1S/C25H27BrN4O2/c1-16(2)13-23(31)32-12-6-8-21-25-28-15-17(3)30(25)22-10-9-18(26)14-19(22)24(29-21)20-7-4-5-11-27-20/h4-5,7,9-11,14-16,21H,6,8,12-13H2,1-3H3/t21-/m0/s1. The van der Waals surface area contributed by atoms with Gasteiger partial charge in [-0.05, 0) is 56.0 Å². The van der Waals surface area contributed by atoms with Crippen LogP contribution in [0.3, 0.4) is 0 Å². The average molecular weight is 495 g/mol. The van der Waals surface area contributed by atoms with E-state index in [-0.39, 0.29) is 12.0 Å². The zero-order valence-corrected chi connectivity index (χ0v) is 20.2. The van der Waals surface area contributed by atoms with Crippen LogP contribution in [0.25, 0.3) is 5.69 Å². The first-order chi connectivity index (χ1) is 15.4. The average Bonchev–Trinajstić information content (AvgIpc) is 3.08. The van der Waals surface area contributed by atoms with Crippen molar-refractivity contribution in [1.82, 2.24) is 14.5 Å². The molecule has 2 aromatic heterocycles. The second-order valence-electron chi connectivity index (χ2n) is 8.42. The summed E-state index contributed by atoms with van der Waals surface area (Å²) in [5.41, 5.74) is 4.76. The van der Waals surface area contributed by atoms with E-state index in [0.717, 1.165) is 45.1 Å². The van der Waals surface area contributed by atoms with Crippen molar-refractivity contribution < 1.29 is 9.53 Å². The van der Waals surface area contributed by atoms with E-state index in [9.17, 15) is 4.79 Å². The van der Waals surface area contributed by atoms with Crippen LogP contribution < -0.4 is 0 Å². The third-order valence-corrected chi connectivity index (χ3v) is 5.86. The Bertz CT molecular complexity index is 1140. The number of pyridine rings is 1. The minimum absolute atomic E-state index is 0.145. The highest BCUT2D eigenvalue weighted by Gasteiger charge is 2.27. The fraction of sp³-hybridized carbons (Fsp3) is 0.360. The van der Waals surface area contributed by atoms with Gasteiger partial charge in [-0.3, -0.25) is 19.3 Å². The number of fused-ring (bicyclic) bond motifs is 3. The largest absolute Gasteiger partial charge is 0.466 e. The van der Waals surface area contributed by atoms with Crippen molar-refractivity contribution in [3.05, 3.63) is 76.0 Å². The second-order valence-corrected chi connectivity index (χ2v) is 9.34. The molecule has 1 aromatic carbocycles. The van der Waals surface area contributed by atoms with Gasteiger partial charge < -0.3 is 4.74 Å². The molecule has 1 aliphatic rings. The molecule has 3 aromatic rings. The molecule has 4 rings (SSSR count). The van der Waals surface area contributed by atoms with Crippen LogP contribution in [0.15, 0.2) is 58.3 Å². The molecule has 0 spiro atoms. The van der Waals surface area contributed by atoms with Crippen LogP contribution in [0, 0.1) is 12.8 Å². The number of halogens is 1. The Balaban J connectivity index is 1.68. The Morgan fingerprint density at radius 2 is 2.06 bits per heavy atom. The molecule has 0 saturated carbocycles. The Hall–Kier alpha value is -2.80. The molecule has 3 heterocycles. The first-order valence-corrected chi connectivity index (χ1v) is 11.7. The van der Waals surface area contributed by atoms with Crippen LogP contribution in [0.4, 0.5) is 0 Å². The van der Waals surface area contributed by atoms with Crippen molar-refractivity contribution >= 4 is 27.6 Å². The van der Waals surface area contributed by atoms with Gasteiger partial charge in [-0.1, -0.05) is 35.8 Å². The summed E-state index contributed by atoms with van der Waals surface area (Å²) in [4.78, 5) is 26.4.